The van der Waals surface area contributed by atoms with Crippen LogP contribution in [0.25, 0.3) is 0 Å². The molecule has 0 saturated carbocycles. The van der Waals surface area contributed by atoms with Crippen molar-refractivity contribution in [2.45, 2.75) is 0 Å². The molecule has 0 atom stereocenters. The molecule has 2 rings (SSSR count). The fourth-order valence-corrected chi connectivity index (χ4v) is 1.50. The van der Waals surface area contributed by atoms with Crippen molar-refractivity contribution in [1.29, 1.82) is 0 Å². The molecule has 0 spiro atoms. The summed E-state index contributed by atoms with van der Waals surface area (Å²) in [6.07, 6.45) is 4.00. The highest BCUT2D eigenvalue weighted by molar-refractivity contribution is 5.75. The first-order chi connectivity index (χ1) is 10.1. The van der Waals surface area contributed by atoms with Crippen molar-refractivity contribution in [3.8, 4) is 0 Å². The van der Waals surface area contributed by atoms with Gasteiger partial charge in [-0.05, 0) is 30.3 Å². The van der Waals surface area contributed by atoms with E-state index in [-0.39, 0.29) is 11.4 Å². The molecule has 0 saturated heterocycles. The number of rotatable bonds is 4. The van der Waals surface area contributed by atoms with Gasteiger partial charge in [0.1, 0.15) is 17.5 Å². The number of benzene rings is 2. The quantitative estimate of drug-likeness (QED) is 0.648. The summed E-state index contributed by atoms with van der Waals surface area (Å²) < 4.78 is 51.8. The topological polar surface area (TPSA) is 24.4 Å². The molecule has 2 aromatic carbocycles. The number of halogens is 4. The van der Waals surface area contributed by atoms with Crippen LogP contribution < -0.4 is 5.32 Å². The maximum atomic E-state index is 13.3. The molecular weight excluding hydrogens is 284 g/mol. The molecule has 21 heavy (non-hydrogen) atoms. The molecule has 6 heteroatoms. The molecule has 0 aliphatic heterocycles. The van der Waals surface area contributed by atoms with Crippen LogP contribution in [0, 0.1) is 23.3 Å². The molecule has 0 bridgehead atoms. The Kier molecular flexibility index (Phi) is 4.71. The number of anilines is 1. The SMILES string of the molecule is Fc1ccc(N=C/C=C/Nc2ccc(F)cc2F)c(F)c1. The number of nitrogens with one attached hydrogen (secondary N) is 1. The zero-order valence-corrected chi connectivity index (χ0v) is 10.7. The summed E-state index contributed by atoms with van der Waals surface area (Å²) in [5.74, 6) is -2.87. The summed E-state index contributed by atoms with van der Waals surface area (Å²) in [4.78, 5) is 3.77. The van der Waals surface area contributed by atoms with Crippen LogP contribution >= 0.6 is 0 Å². The van der Waals surface area contributed by atoms with Crippen molar-refractivity contribution in [3.05, 3.63) is 71.9 Å². The minimum Gasteiger partial charge on any atom is -0.359 e. The Balaban J connectivity index is 1.97. The lowest BCUT2D eigenvalue weighted by atomic mass is 10.3. The molecule has 0 aliphatic rings. The highest BCUT2D eigenvalue weighted by atomic mass is 19.1. The standard InChI is InChI=1S/C15H10F4N2/c16-10-2-4-14(12(18)8-10)20-6-1-7-21-15-5-3-11(17)9-13(15)19/h1-9,20H/b6-1+,21-7?. The van der Waals surface area contributed by atoms with Crippen LogP contribution in [-0.4, -0.2) is 6.21 Å². The number of aliphatic imine (C=N–C) groups is 1. The molecule has 0 unspecified atom stereocenters. The fourth-order valence-electron chi connectivity index (χ4n) is 1.50. The van der Waals surface area contributed by atoms with Crippen molar-refractivity contribution < 1.29 is 17.6 Å². The fraction of sp³-hybridized carbons (Fsp3) is 0. The van der Waals surface area contributed by atoms with Gasteiger partial charge in [-0.25, -0.2) is 17.6 Å². The van der Waals surface area contributed by atoms with Crippen molar-refractivity contribution in [2.75, 3.05) is 5.32 Å². The Morgan fingerprint density at radius 1 is 0.857 bits per heavy atom. The summed E-state index contributed by atoms with van der Waals surface area (Å²) in [5.41, 5.74) is 0.0722. The molecule has 108 valence electrons. The second-order valence-electron chi connectivity index (χ2n) is 4.00. The Hall–Kier alpha value is -2.63. The third-order valence-corrected chi connectivity index (χ3v) is 2.48. The van der Waals surface area contributed by atoms with Crippen molar-refractivity contribution in [2.24, 2.45) is 4.99 Å². The molecular formula is C15H10F4N2. The van der Waals surface area contributed by atoms with Crippen LogP contribution in [0.4, 0.5) is 28.9 Å². The Morgan fingerprint density at radius 2 is 1.52 bits per heavy atom. The van der Waals surface area contributed by atoms with Crippen LogP contribution in [0.3, 0.4) is 0 Å². The molecule has 0 aliphatic carbocycles. The van der Waals surface area contributed by atoms with Crippen LogP contribution in [-0.2, 0) is 0 Å². The number of allylic oxidation sites excluding steroid dienone is 1. The maximum absolute atomic E-state index is 13.3. The Morgan fingerprint density at radius 3 is 2.19 bits per heavy atom. The van der Waals surface area contributed by atoms with Crippen LogP contribution in [0.5, 0.6) is 0 Å². The average Bonchev–Trinajstić information content (AvgIpc) is 2.42. The summed E-state index contributed by atoms with van der Waals surface area (Å²) in [6.45, 7) is 0. The first kappa shape index (κ1) is 14.8. The predicted molar refractivity (Wildman–Crippen MR) is 73.6 cm³/mol. The van der Waals surface area contributed by atoms with Gasteiger partial charge in [0.25, 0.3) is 0 Å². The van der Waals surface area contributed by atoms with Gasteiger partial charge >= 0.3 is 0 Å². The third kappa shape index (κ3) is 4.17. The lowest BCUT2D eigenvalue weighted by molar-refractivity contribution is 0.584. The van der Waals surface area contributed by atoms with E-state index in [1.54, 1.807) is 0 Å². The minimum atomic E-state index is -0.780. The summed E-state index contributed by atoms with van der Waals surface area (Å²) in [6, 6.07) is 6.11. The van der Waals surface area contributed by atoms with E-state index >= 15 is 0 Å². The predicted octanol–water partition coefficient (Wildman–Crippen LogP) is 4.57. The van der Waals surface area contributed by atoms with Gasteiger partial charge in [0.2, 0.25) is 0 Å². The van der Waals surface area contributed by atoms with Crippen LogP contribution in [0.2, 0.25) is 0 Å². The van der Waals surface area contributed by atoms with Crippen molar-refractivity contribution in [1.82, 2.24) is 0 Å². The van der Waals surface area contributed by atoms with E-state index in [1.807, 2.05) is 0 Å². The van der Waals surface area contributed by atoms with Gasteiger partial charge in [-0.2, -0.15) is 0 Å². The van der Waals surface area contributed by atoms with Crippen LogP contribution in [0.15, 0.2) is 53.7 Å². The lowest BCUT2D eigenvalue weighted by Gasteiger charge is -2.01. The highest BCUT2D eigenvalue weighted by Gasteiger charge is 2.01. The van der Waals surface area contributed by atoms with E-state index in [0.717, 1.165) is 24.3 Å². The maximum Gasteiger partial charge on any atom is 0.151 e. The van der Waals surface area contributed by atoms with Gasteiger partial charge in [0.05, 0.1) is 11.4 Å². The van der Waals surface area contributed by atoms with Gasteiger partial charge in [0.15, 0.2) is 5.82 Å². The molecule has 2 aromatic rings. The zero-order valence-electron chi connectivity index (χ0n) is 10.7. The molecule has 2 nitrogen and oxygen atoms in total. The molecule has 0 radical (unpaired) electrons. The highest BCUT2D eigenvalue weighted by Crippen LogP contribution is 2.17. The van der Waals surface area contributed by atoms with Crippen molar-refractivity contribution in [3.63, 3.8) is 0 Å². The number of hydrogen-bond donors (Lipinski definition) is 1. The van der Waals surface area contributed by atoms with Crippen LogP contribution in [0.1, 0.15) is 0 Å². The van der Waals surface area contributed by atoms with E-state index in [4.69, 9.17) is 0 Å². The minimum absolute atomic E-state index is 0.0194. The summed E-state index contributed by atoms with van der Waals surface area (Å²) in [5, 5.41) is 2.58. The molecule has 0 fully saturated rings. The second-order valence-corrected chi connectivity index (χ2v) is 4.00. The van der Waals surface area contributed by atoms with Crippen molar-refractivity contribution >= 4 is 17.6 Å². The van der Waals surface area contributed by atoms with Gasteiger partial charge in [0, 0.05) is 24.5 Å². The van der Waals surface area contributed by atoms with Gasteiger partial charge in [-0.3, -0.25) is 4.99 Å². The van der Waals surface area contributed by atoms with E-state index < -0.39 is 23.3 Å². The largest absolute Gasteiger partial charge is 0.359 e. The van der Waals surface area contributed by atoms with E-state index in [9.17, 15) is 17.6 Å². The zero-order chi connectivity index (χ0) is 15.2. The lowest BCUT2D eigenvalue weighted by Crippen LogP contribution is -1.92. The summed E-state index contributed by atoms with van der Waals surface area (Å²) >= 11 is 0. The second kappa shape index (κ2) is 6.69. The molecule has 0 amide bonds. The molecule has 0 heterocycles. The monoisotopic (exact) mass is 294 g/mol. The smallest absolute Gasteiger partial charge is 0.151 e. The Labute approximate surface area is 118 Å². The summed E-state index contributed by atoms with van der Waals surface area (Å²) in [7, 11) is 0. The van der Waals surface area contributed by atoms with E-state index in [1.165, 1.54) is 30.6 Å². The van der Waals surface area contributed by atoms with Gasteiger partial charge in [-0.15, -0.1) is 0 Å². The number of nitrogens with zero attached hydrogens (tertiary/aromatic N) is 1. The Bertz CT molecular complexity index is 696. The first-order valence-electron chi connectivity index (χ1n) is 5.92. The molecule has 1 N–H and O–H groups in total. The average molecular weight is 294 g/mol. The third-order valence-electron chi connectivity index (χ3n) is 2.48. The van der Waals surface area contributed by atoms with E-state index in [0.29, 0.717) is 0 Å². The normalized spacial score (nSPS) is 11.4. The number of hydrogen-bond acceptors (Lipinski definition) is 2. The molecule has 0 aromatic heterocycles. The van der Waals surface area contributed by atoms with Gasteiger partial charge < -0.3 is 5.32 Å². The van der Waals surface area contributed by atoms with Gasteiger partial charge in [-0.1, -0.05) is 0 Å². The van der Waals surface area contributed by atoms with E-state index in [2.05, 4.69) is 10.3 Å². The first-order valence-corrected chi connectivity index (χ1v) is 5.92.